The highest BCUT2D eigenvalue weighted by Gasteiger charge is 2.24. The Balaban J connectivity index is 2.12. The quantitative estimate of drug-likeness (QED) is 0.572. The van der Waals surface area contributed by atoms with E-state index < -0.39 is 22.3 Å². The molecular formula is C15H17N5O5. The second-order valence-corrected chi connectivity index (χ2v) is 6.06. The Morgan fingerprint density at radius 1 is 1.40 bits per heavy atom. The number of carboxylic acids is 1. The fraction of sp³-hybridized carbons (Fsp3) is 0.333. The summed E-state index contributed by atoms with van der Waals surface area (Å²) in [6, 6.07) is 5.76. The van der Waals surface area contributed by atoms with Crippen LogP contribution in [-0.4, -0.2) is 42.4 Å². The van der Waals surface area contributed by atoms with Gasteiger partial charge in [-0.2, -0.15) is 0 Å². The van der Waals surface area contributed by atoms with Crippen molar-refractivity contribution in [3.8, 4) is 5.69 Å². The van der Waals surface area contributed by atoms with Crippen molar-refractivity contribution >= 4 is 17.6 Å². The number of aromatic nitrogens is 3. The van der Waals surface area contributed by atoms with Gasteiger partial charge in [0.15, 0.2) is 5.69 Å². The highest BCUT2D eigenvalue weighted by atomic mass is 16.6. The van der Waals surface area contributed by atoms with Gasteiger partial charge >= 0.3 is 5.97 Å². The highest BCUT2D eigenvalue weighted by Crippen LogP contribution is 2.16. The topological polar surface area (TPSA) is 140 Å². The van der Waals surface area contributed by atoms with Gasteiger partial charge in [-0.3, -0.25) is 19.7 Å². The number of hydrogen-bond donors (Lipinski definition) is 2. The summed E-state index contributed by atoms with van der Waals surface area (Å²) in [4.78, 5) is 33.2. The molecule has 10 nitrogen and oxygen atoms in total. The predicted molar refractivity (Wildman–Crippen MR) is 86.4 cm³/mol. The second kappa shape index (κ2) is 7.07. The lowest BCUT2D eigenvalue weighted by molar-refractivity contribution is -0.384. The molecule has 0 aliphatic carbocycles. The number of hydrogen-bond acceptors (Lipinski definition) is 6. The van der Waals surface area contributed by atoms with Gasteiger partial charge in [0.1, 0.15) is 0 Å². The molecule has 0 atom stereocenters. The molecule has 0 spiro atoms. The molecular weight excluding hydrogens is 330 g/mol. The minimum atomic E-state index is -0.945. The first-order valence-corrected chi connectivity index (χ1v) is 7.39. The Hall–Kier alpha value is -3.30. The summed E-state index contributed by atoms with van der Waals surface area (Å²) in [6.45, 7) is 3.41. The summed E-state index contributed by atoms with van der Waals surface area (Å²) >= 11 is 0. The Morgan fingerprint density at radius 2 is 2.12 bits per heavy atom. The Kier molecular flexibility index (Phi) is 5.11. The van der Waals surface area contributed by atoms with E-state index in [1.54, 1.807) is 19.9 Å². The van der Waals surface area contributed by atoms with Crippen molar-refractivity contribution in [3.63, 3.8) is 0 Å². The largest absolute Gasteiger partial charge is 0.481 e. The maximum Gasteiger partial charge on any atom is 0.303 e. The smallest absolute Gasteiger partial charge is 0.303 e. The molecule has 0 fully saturated rings. The predicted octanol–water partition coefficient (Wildman–Crippen LogP) is 1.55. The lowest BCUT2D eigenvalue weighted by atomic mass is 9.98. The number of aliphatic carboxylic acids is 1. The van der Waals surface area contributed by atoms with E-state index in [1.807, 2.05) is 0 Å². The number of nitro benzene ring substituents is 1. The zero-order valence-electron chi connectivity index (χ0n) is 13.7. The zero-order valence-corrected chi connectivity index (χ0v) is 13.7. The number of non-ortho nitro benzene ring substituents is 1. The van der Waals surface area contributed by atoms with E-state index in [9.17, 15) is 19.7 Å². The van der Waals surface area contributed by atoms with Gasteiger partial charge in [-0.05, 0) is 26.3 Å². The van der Waals surface area contributed by atoms with E-state index in [2.05, 4.69) is 15.6 Å². The molecule has 0 aliphatic heterocycles. The number of rotatable bonds is 7. The van der Waals surface area contributed by atoms with Gasteiger partial charge in [0, 0.05) is 24.1 Å². The van der Waals surface area contributed by atoms with Crippen LogP contribution in [0.2, 0.25) is 0 Å². The van der Waals surface area contributed by atoms with Gasteiger partial charge in [0.2, 0.25) is 0 Å². The summed E-state index contributed by atoms with van der Waals surface area (Å²) in [6.07, 6.45) is 1.53. The zero-order chi connectivity index (χ0) is 18.6. The van der Waals surface area contributed by atoms with Crippen LogP contribution < -0.4 is 5.32 Å². The first-order chi connectivity index (χ1) is 11.7. The van der Waals surface area contributed by atoms with Crippen LogP contribution in [0.1, 0.15) is 37.2 Å². The van der Waals surface area contributed by atoms with Crippen LogP contribution >= 0.6 is 0 Å². The number of nitro groups is 1. The van der Waals surface area contributed by atoms with Crippen LogP contribution in [0.4, 0.5) is 5.69 Å². The monoisotopic (exact) mass is 347 g/mol. The molecule has 1 amide bonds. The molecule has 1 heterocycles. The van der Waals surface area contributed by atoms with E-state index in [0.29, 0.717) is 5.69 Å². The van der Waals surface area contributed by atoms with Crippen molar-refractivity contribution < 1.29 is 19.6 Å². The molecule has 0 saturated carbocycles. The summed E-state index contributed by atoms with van der Waals surface area (Å²) in [7, 11) is 0. The van der Waals surface area contributed by atoms with Gasteiger partial charge in [-0.1, -0.05) is 11.3 Å². The van der Waals surface area contributed by atoms with Gasteiger partial charge in [-0.25, -0.2) is 4.68 Å². The number of benzene rings is 1. The first-order valence-electron chi connectivity index (χ1n) is 7.39. The molecule has 25 heavy (non-hydrogen) atoms. The SMILES string of the molecule is CC(C)(CCC(=O)O)NC(=O)c1cn(-c2cccc([N+](=O)[O-])c2)nn1. The number of amides is 1. The van der Waals surface area contributed by atoms with Crippen molar-refractivity contribution in [3.05, 3.63) is 46.3 Å². The molecule has 0 unspecified atom stereocenters. The summed E-state index contributed by atoms with van der Waals surface area (Å²) in [5.41, 5.74) is -0.417. The second-order valence-electron chi connectivity index (χ2n) is 6.06. The first kappa shape index (κ1) is 18.0. The summed E-state index contributed by atoms with van der Waals surface area (Å²) in [5.74, 6) is -1.45. The molecule has 0 saturated heterocycles. The number of carboxylic acid groups (broad SMARTS) is 1. The van der Waals surface area contributed by atoms with Crippen LogP contribution in [0.3, 0.4) is 0 Å². The van der Waals surface area contributed by atoms with Crippen LogP contribution in [-0.2, 0) is 4.79 Å². The van der Waals surface area contributed by atoms with E-state index in [0.717, 1.165) is 0 Å². The average molecular weight is 347 g/mol. The lowest BCUT2D eigenvalue weighted by Gasteiger charge is -2.24. The fourth-order valence-electron chi connectivity index (χ4n) is 2.10. The third-order valence-electron chi connectivity index (χ3n) is 3.45. The Labute approximate surface area is 142 Å². The highest BCUT2D eigenvalue weighted by molar-refractivity contribution is 5.92. The molecule has 0 bridgehead atoms. The maximum atomic E-state index is 12.2. The van der Waals surface area contributed by atoms with E-state index in [4.69, 9.17) is 5.11 Å². The molecule has 0 radical (unpaired) electrons. The van der Waals surface area contributed by atoms with Gasteiger partial charge in [0.25, 0.3) is 11.6 Å². The number of carbonyl (C=O) groups is 2. The standard InChI is InChI=1S/C15H17N5O5/c1-15(2,7-6-13(21)22)16-14(23)12-9-19(18-17-12)10-4-3-5-11(8-10)20(24)25/h3-5,8-9H,6-7H2,1-2H3,(H,16,23)(H,21,22). The van der Waals surface area contributed by atoms with Crippen LogP contribution in [0.15, 0.2) is 30.5 Å². The van der Waals surface area contributed by atoms with E-state index in [-0.39, 0.29) is 24.2 Å². The molecule has 2 N–H and O–H groups in total. The molecule has 1 aromatic carbocycles. The Bertz CT molecular complexity index is 814. The normalized spacial score (nSPS) is 11.1. The Morgan fingerprint density at radius 3 is 2.76 bits per heavy atom. The summed E-state index contributed by atoms with van der Waals surface area (Å²) in [5, 5.41) is 29.8. The minimum absolute atomic E-state index is 0.0231. The molecule has 132 valence electrons. The van der Waals surface area contributed by atoms with Crippen molar-refractivity contribution in [2.45, 2.75) is 32.2 Å². The molecule has 2 aromatic rings. The van der Waals surface area contributed by atoms with Gasteiger partial charge in [-0.15, -0.1) is 5.10 Å². The molecule has 2 rings (SSSR count). The van der Waals surface area contributed by atoms with Crippen molar-refractivity contribution in [2.24, 2.45) is 0 Å². The number of nitrogens with one attached hydrogen (secondary N) is 1. The van der Waals surface area contributed by atoms with E-state index >= 15 is 0 Å². The van der Waals surface area contributed by atoms with Crippen molar-refractivity contribution in [1.29, 1.82) is 0 Å². The number of nitrogens with zero attached hydrogens (tertiary/aromatic N) is 4. The molecule has 0 aliphatic rings. The van der Waals surface area contributed by atoms with E-state index in [1.165, 1.54) is 29.1 Å². The van der Waals surface area contributed by atoms with Gasteiger partial charge in [0.05, 0.1) is 16.8 Å². The lowest BCUT2D eigenvalue weighted by Crippen LogP contribution is -2.43. The van der Waals surface area contributed by atoms with Crippen LogP contribution in [0.5, 0.6) is 0 Å². The third kappa shape index (κ3) is 4.83. The van der Waals surface area contributed by atoms with Crippen LogP contribution in [0, 0.1) is 10.1 Å². The maximum absolute atomic E-state index is 12.2. The van der Waals surface area contributed by atoms with Crippen LogP contribution in [0.25, 0.3) is 5.69 Å². The molecule has 1 aromatic heterocycles. The average Bonchev–Trinajstić information content (AvgIpc) is 3.03. The number of carbonyl (C=O) groups excluding carboxylic acids is 1. The van der Waals surface area contributed by atoms with Gasteiger partial charge < -0.3 is 10.4 Å². The molecule has 10 heteroatoms. The van der Waals surface area contributed by atoms with Crippen molar-refractivity contribution in [1.82, 2.24) is 20.3 Å². The fourth-order valence-corrected chi connectivity index (χ4v) is 2.10. The van der Waals surface area contributed by atoms with Crippen molar-refractivity contribution in [2.75, 3.05) is 0 Å². The summed E-state index contributed by atoms with van der Waals surface area (Å²) < 4.78 is 1.26. The minimum Gasteiger partial charge on any atom is -0.481 e. The third-order valence-corrected chi connectivity index (χ3v) is 3.45.